The average molecular weight is 340 g/mol. The van der Waals surface area contributed by atoms with Gasteiger partial charge in [0.2, 0.25) is 5.91 Å². The van der Waals surface area contributed by atoms with Crippen molar-refractivity contribution in [3.05, 3.63) is 28.8 Å². The molecule has 2 N–H and O–H groups in total. The summed E-state index contributed by atoms with van der Waals surface area (Å²) in [5.41, 5.74) is 0.882. The van der Waals surface area contributed by atoms with Gasteiger partial charge in [-0.2, -0.15) is 0 Å². The number of hydrogen-bond acceptors (Lipinski definition) is 4. The molecule has 3 atom stereocenters. The molecule has 2 aliphatic rings. The maximum Gasteiger partial charge on any atom is 0.332 e. The van der Waals surface area contributed by atoms with E-state index in [0.717, 1.165) is 18.4 Å². The molecule has 2 aliphatic heterocycles. The molecule has 0 radical (unpaired) electrons. The highest BCUT2D eigenvalue weighted by Crippen LogP contribution is 2.34. The Bertz CT molecular complexity index is 620. The molecule has 124 valence electrons. The first kappa shape index (κ1) is 16.1. The molecular weight excluding hydrogens is 322 g/mol. The van der Waals surface area contributed by atoms with Crippen molar-refractivity contribution in [3.8, 4) is 5.75 Å². The molecule has 1 saturated heterocycles. The Morgan fingerprint density at radius 1 is 1.22 bits per heavy atom. The summed E-state index contributed by atoms with van der Waals surface area (Å²) in [7, 11) is 0. The highest BCUT2D eigenvalue weighted by Gasteiger charge is 2.35. The normalized spacial score (nSPS) is 26.7. The molecule has 0 spiro atoms. The number of benzene rings is 1. The molecular formula is C16H18ClNO5. The quantitative estimate of drug-likeness (QED) is 0.882. The molecule has 1 aromatic carbocycles. The summed E-state index contributed by atoms with van der Waals surface area (Å²) in [5, 5.41) is 12.5. The Morgan fingerprint density at radius 2 is 2.00 bits per heavy atom. The number of aliphatic carboxylic acids is 1. The molecule has 0 aromatic heterocycles. The van der Waals surface area contributed by atoms with Gasteiger partial charge >= 0.3 is 5.97 Å². The fourth-order valence-electron chi connectivity index (χ4n) is 2.97. The average Bonchev–Trinajstić information content (AvgIpc) is 2.93. The fourth-order valence-corrected chi connectivity index (χ4v) is 3.13. The van der Waals surface area contributed by atoms with E-state index in [2.05, 4.69) is 5.32 Å². The highest BCUT2D eigenvalue weighted by atomic mass is 35.5. The van der Waals surface area contributed by atoms with Crippen LogP contribution in [0.4, 0.5) is 0 Å². The Hall–Kier alpha value is -1.79. The van der Waals surface area contributed by atoms with E-state index in [-0.39, 0.29) is 11.9 Å². The summed E-state index contributed by atoms with van der Waals surface area (Å²) >= 11 is 5.99. The van der Waals surface area contributed by atoms with Crippen LogP contribution in [0.5, 0.6) is 5.75 Å². The smallest absolute Gasteiger partial charge is 0.332 e. The molecule has 3 rings (SSSR count). The van der Waals surface area contributed by atoms with Gasteiger partial charge in [0.15, 0.2) is 6.10 Å². The summed E-state index contributed by atoms with van der Waals surface area (Å²) < 4.78 is 11.0. The second-order valence-corrected chi connectivity index (χ2v) is 6.20. The van der Waals surface area contributed by atoms with Gasteiger partial charge < -0.3 is 19.9 Å². The van der Waals surface area contributed by atoms with E-state index in [1.165, 1.54) is 0 Å². The van der Waals surface area contributed by atoms with E-state index in [0.29, 0.717) is 30.2 Å². The van der Waals surface area contributed by atoms with Gasteiger partial charge in [-0.1, -0.05) is 17.7 Å². The minimum absolute atomic E-state index is 0.190. The maximum atomic E-state index is 12.4. The van der Waals surface area contributed by atoms with Gasteiger partial charge in [0.05, 0.1) is 12.6 Å². The van der Waals surface area contributed by atoms with Crippen molar-refractivity contribution in [1.82, 2.24) is 5.32 Å². The van der Waals surface area contributed by atoms with Gasteiger partial charge in [-0.25, -0.2) is 4.79 Å². The molecule has 7 heteroatoms. The lowest BCUT2D eigenvalue weighted by molar-refractivity contribution is -0.151. The number of amides is 1. The molecule has 23 heavy (non-hydrogen) atoms. The van der Waals surface area contributed by atoms with Crippen molar-refractivity contribution in [3.63, 3.8) is 0 Å². The third-order valence-corrected chi connectivity index (χ3v) is 4.38. The van der Waals surface area contributed by atoms with Crippen molar-refractivity contribution in [2.24, 2.45) is 0 Å². The summed E-state index contributed by atoms with van der Waals surface area (Å²) in [6, 6.07) is 5.17. The molecule has 1 unspecified atom stereocenters. The lowest BCUT2D eigenvalue weighted by atomic mass is 10.0. The Kier molecular flexibility index (Phi) is 4.73. The molecule has 0 bridgehead atoms. The zero-order valence-corrected chi connectivity index (χ0v) is 13.2. The van der Waals surface area contributed by atoms with Crippen LogP contribution in [0.1, 0.15) is 37.3 Å². The zero-order valence-electron chi connectivity index (χ0n) is 12.5. The molecule has 0 saturated carbocycles. The van der Waals surface area contributed by atoms with E-state index in [1.807, 2.05) is 6.07 Å². The summed E-state index contributed by atoms with van der Waals surface area (Å²) in [4.78, 5) is 23.3. The topological polar surface area (TPSA) is 84.9 Å². The van der Waals surface area contributed by atoms with Crippen LogP contribution in [0.25, 0.3) is 0 Å². The standard InChI is InChI=1S/C16H18ClNO5/c17-9-3-4-10-11(2-1-7-22-14(10)8-9)18-15(19)12-5-6-13(23-12)16(20)21/h3-4,8,11-13H,1-2,5-7H2,(H,18,19)(H,20,21)/t11?,12-,13+/m0/s1. The number of fused-ring (bicyclic) bond motifs is 1. The third-order valence-electron chi connectivity index (χ3n) is 4.15. The van der Waals surface area contributed by atoms with Gasteiger partial charge in [-0.3, -0.25) is 4.79 Å². The number of carbonyl (C=O) groups excluding carboxylic acids is 1. The van der Waals surface area contributed by atoms with Crippen LogP contribution < -0.4 is 10.1 Å². The fraction of sp³-hybridized carbons (Fsp3) is 0.500. The molecule has 6 nitrogen and oxygen atoms in total. The van der Waals surface area contributed by atoms with E-state index in [4.69, 9.17) is 26.2 Å². The molecule has 2 heterocycles. The highest BCUT2D eigenvalue weighted by molar-refractivity contribution is 6.30. The van der Waals surface area contributed by atoms with Crippen molar-refractivity contribution in [1.29, 1.82) is 0 Å². The summed E-state index contributed by atoms with van der Waals surface area (Å²) in [6.07, 6.45) is 0.716. The number of carboxylic acid groups (broad SMARTS) is 1. The Balaban J connectivity index is 1.70. The minimum atomic E-state index is -1.02. The second kappa shape index (κ2) is 6.76. The monoisotopic (exact) mass is 339 g/mol. The predicted molar refractivity (Wildman–Crippen MR) is 82.6 cm³/mol. The third kappa shape index (κ3) is 3.59. The molecule has 0 aliphatic carbocycles. The number of ether oxygens (including phenoxy) is 2. The van der Waals surface area contributed by atoms with Crippen LogP contribution >= 0.6 is 11.6 Å². The molecule has 1 aromatic rings. The van der Waals surface area contributed by atoms with Gasteiger partial charge in [0.1, 0.15) is 11.9 Å². The lowest BCUT2D eigenvalue weighted by Crippen LogP contribution is -2.37. The van der Waals surface area contributed by atoms with Gasteiger partial charge in [0.25, 0.3) is 0 Å². The Morgan fingerprint density at radius 3 is 2.74 bits per heavy atom. The van der Waals surface area contributed by atoms with E-state index >= 15 is 0 Å². The first-order chi connectivity index (χ1) is 11.0. The number of carbonyl (C=O) groups is 2. The van der Waals surface area contributed by atoms with E-state index in [1.54, 1.807) is 12.1 Å². The van der Waals surface area contributed by atoms with Crippen LogP contribution in [0, 0.1) is 0 Å². The largest absolute Gasteiger partial charge is 0.493 e. The van der Waals surface area contributed by atoms with Crippen LogP contribution in [-0.2, 0) is 14.3 Å². The minimum Gasteiger partial charge on any atom is -0.493 e. The number of halogens is 1. The van der Waals surface area contributed by atoms with E-state index < -0.39 is 18.2 Å². The SMILES string of the molecule is O=C(NC1CCCOc2cc(Cl)ccc21)[C@@H]1CC[C@H](C(=O)O)O1. The van der Waals surface area contributed by atoms with Crippen molar-refractivity contribution >= 4 is 23.5 Å². The van der Waals surface area contributed by atoms with Gasteiger partial charge in [-0.05, 0) is 37.8 Å². The molecule has 1 amide bonds. The van der Waals surface area contributed by atoms with Crippen molar-refractivity contribution < 1.29 is 24.2 Å². The predicted octanol–water partition coefficient (Wildman–Crippen LogP) is 2.30. The van der Waals surface area contributed by atoms with Crippen molar-refractivity contribution in [2.75, 3.05) is 6.61 Å². The number of rotatable bonds is 3. The van der Waals surface area contributed by atoms with Crippen LogP contribution in [0.2, 0.25) is 5.02 Å². The number of nitrogens with one attached hydrogen (secondary N) is 1. The number of carboxylic acids is 1. The molecule has 1 fully saturated rings. The first-order valence-corrected chi connectivity index (χ1v) is 8.03. The second-order valence-electron chi connectivity index (χ2n) is 5.76. The lowest BCUT2D eigenvalue weighted by Gasteiger charge is -2.20. The Labute approximate surface area is 138 Å². The van der Waals surface area contributed by atoms with Crippen LogP contribution in [-0.4, -0.2) is 35.8 Å². The maximum absolute atomic E-state index is 12.4. The van der Waals surface area contributed by atoms with Crippen LogP contribution in [0.3, 0.4) is 0 Å². The van der Waals surface area contributed by atoms with Gasteiger partial charge in [-0.15, -0.1) is 0 Å². The van der Waals surface area contributed by atoms with E-state index in [9.17, 15) is 9.59 Å². The summed E-state index contributed by atoms with van der Waals surface area (Å²) in [6.45, 7) is 0.570. The van der Waals surface area contributed by atoms with Crippen molar-refractivity contribution in [2.45, 2.75) is 43.9 Å². The first-order valence-electron chi connectivity index (χ1n) is 7.65. The summed E-state index contributed by atoms with van der Waals surface area (Å²) in [5.74, 6) is -0.624. The zero-order chi connectivity index (χ0) is 16.4. The number of hydrogen-bond donors (Lipinski definition) is 2. The van der Waals surface area contributed by atoms with Crippen LogP contribution in [0.15, 0.2) is 18.2 Å². The van der Waals surface area contributed by atoms with Gasteiger partial charge in [0, 0.05) is 10.6 Å².